The second-order valence-corrected chi connectivity index (χ2v) is 6.33. The van der Waals surface area contributed by atoms with Crippen LogP contribution in [0.3, 0.4) is 0 Å². The van der Waals surface area contributed by atoms with Gasteiger partial charge in [0.15, 0.2) is 0 Å². The van der Waals surface area contributed by atoms with E-state index in [0.29, 0.717) is 0 Å². The van der Waals surface area contributed by atoms with Crippen LogP contribution in [-0.4, -0.2) is 44.1 Å². The third-order valence-electron chi connectivity index (χ3n) is 1.90. The summed E-state index contributed by atoms with van der Waals surface area (Å²) in [5.74, 6) is 0. The Morgan fingerprint density at radius 3 is 2.69 bits per heavy atom. The first-order valence-electron chi connectivity index (χ1n) is 4.36. The van der Waals surface area contributed by atoms with Crippen molar-refractivity contribution in [3.05, 3.63) is 17.5 Å². The van der Waals surface area contributed by atoms with Gasteiger partial charge in [0, 0.05) is 20.1 Å². The number of sulfonamides is 1. The quantitative estimate of drug-likeness (QED) is 0.805. The predicted molar refractivity (Wildman–Crippen MR) is 66.4 cm³/mol. The van der Waals surface area contributed by atoms with E-state index in [-0.39, 0.29) is 29.7 Å². The van der Waals surface area contributed by atoms with Gasteiger partial charge in [-0.1, -0.05) is 6.07 Å². The molecule has 1 aromatic rings. The van der Waals surface area contributed by atoms with E-state index in [4.69, 9.17) is 5.73 Å². The van der Waals surface area contributed by atoms with Crippen molar-refractivity contribution in [1.29, 1.82) is 0 Å². The van der Waals surface area contributed by atoms with E-state index in [1.54, 1.807) is 11.4 Å². The number of aliphatic hydroxyl groups is 1. The molecule has 94 valence electrons. The molecule has 0 radical (unpaired) electrons. The molecule has 0 saturated carbocycles. The van der Waals surface area contributed by atoms with Crippen LogP contribution in [0.4, 0.5) is 0 Å². The number of aliphatic hydroxyl groups excluding tert-OH is 1. The summed E-state index contributed by atoms with van der Waals surface area (Å²) in [5, 5.41) is 11.0. The Morgan fingerprint density at radius 1 is 1.62 bits per heavy atom. The second kappa shape index (κ2) is 6.53. The molecule has 1 atom stereocenters. The van der Waals surface area contributed by atoms with Crippen molar-refractivity contribution in [2.75, 3.05) is 20.1 Å². The SMILES string of the molecule is CN(CC(O)CN)S(=O)(=O)c1cccs1.Cl. The smallest absolute Gasteiger partial charge is 0.252 e. The number of halogens is 1. The number of hydrogen-bond donors (Lipinski definition) is 2. The molecule has 0 amide bonds. The van der Waals surface area contributed by atoms with Crippen molar-refractivity contribution in [3.8, 4) is 0 Å². The highest BCUT2D eigenvalue weighted by Gasteiger charge is 2.23. The lowest BCUT2D eigenvalue weighted by Crippen LogP contribution is -2.37. The van der Waals surface area contributed by atoms with E-state index < -0.39 is 16.1 Å². The summed E-state index contributed by atoms with van der Waals surface area (Å²) >= 11 is 1.15. The van der Waals surface area contributed by atoms with E-state index in [1.807, 2.05) is 0 Å². The van der Waals surface area contributed by atoms with Crippen molar-refractivity contribution in [3.63, 3.8) is 0 Å². The van der Waals surface area contributed by atoms with Gasteiger partial charge in [-0.05, 0) is 11.4 Å². The fourth-order valence-corrected chi connectivity index (χ4v) is 3.44. The molecule has 8 heteroatoms. The van der Waals surface area contributed by atoms with Crippen LogP contribution < -0.4 is 5.73 Å². The predicted octanol–water partition coefficient (Wildman–Crippen LogP) is 0.110. The molecule has 1 aromatic heterocycles. The number of rotatable bonds is 5. The fourth-order valence-electron chi connectivity index (χ4n) is 1.03. The minimum absolute atomic E-state index is 0. The Bertz CT molecular complexity index is 393. The minimum Gasteiger partial charge on any atom is -0.390 e. The molecule has 0 aliphatic carbocycles. The summed E-state index contributed by atoms with van der Waals surface area (Å²) in [7, 11) is -2.04. The number of nitrogens with two attached hydrogens (primary N) is 1. The first-order chi connectivity index (χ1) is 6.98. The van der Waals surface area contributed by atoms with Crippen LogP contribution in [0.2, 0.25) is 0 Å². The zero-order valence-corrected chi connectivity index (χ0v) is 11.2. The molecule has 1 unspecified atom stereocenters. The van der Waals surface area contributed by atoms with Gasteiger partial charge in [-0.25, -0.2) is 8.42 Å². The summed E-state index contributed by atoms with van der Waals surface area (Å²) in [6.45, 7) is 0.0566. The van der Waals surface area contributed by atoms with Gasteiger partial charge >= 0.3 is 0 Å². The summed E-state index contributed by atoms with van der Waals surface area (Å²) in [6, 6.07) is 3.20. The Labute approximate surface area is 105 Å². The highest BCUT2D eigenvalue weighted by molar-refractivity contribution is 7.91. The lowest BCUT2D eigenvalue weighted by Gasteiger charge is -2.18. The number of nitrogens with zero attached hydrogens (tertiary/aromatic N) is 1. The maximum atomic E-state index is 11.8. The van der Waals surface area contributed by atoms with Crippen molar-refractivity contribution < 1.29 is 13.5 Å². The van der Waals surface area contributed by atoms with E-state index in [2.05, 4.69) is 0 Å². The third-order valence-corrected chi connectivity index (χ3v) is 5.10. The molecule has 1 rings (SSSR count). The molecule has 5 nitrogen and oxygen atoms in total. The molecular weight excluding hydrogens is 272 g/mol. The largest absolute Gasteiger partial charge is 0.390 e. The maximum absolute atomic E-state index is 11.8. The summed E-state index contributed by atoms with van der Waals surface area (Å²) in [6.07, 6.45) is -0.829. The molecule has 0 bridgehead atoms. The molecule has 16 heavy (non-hydrogen) atoms. The average Bonchev–Trinajstić information content (AvgIpc) is 2.70. The number of thiophene rings is 1. The van der Waals surface area contributed by atoms with Crippen molar-refractivity contribution in [2.24, 2.45) is 5.73 Å². The normalized spacial score (nSPS) is 13.5. The standard InChI is InChI=1S/C8H14N2O3S2.ClH/c1-10(6-7(11)5-9)15(12,13)8-3-2-4-14-8;/h2-4,7,11H,5-6,9H2,1H3;1H. The molecule has 3 N–H and O–H groups in total. The van der Waals surface area contributed by atoms with E-state index in [0.717, 1.165) is 15.6 Å². The monoisotopic (exact) mass is 286 g/mol. The first kappa shape index (κ1) is 15.8. The number of hydrogen-bond acceptors (Lipinski definition) is 5. The van der Waals surface area contributed by atoms with Crippen LogP contribution in [0.1, 0.15) is 0 Å². The summed E-state index contributed by atoms with van der Waals surface area (Å²) in [4.78, 5) is 0. The van der Waals surface area contributed by atoms with Crippen LogP contribution in [0, 0.1) is 0 Å². The molecular formula is C8H15ClN2O3S2. The Hall–Kier alpha value is -0.180. The summed E-state index contributed by atoms with van der Waals surface area (Å²) in [5.41, 5.74) is 5.21. The van der Waals surface area contributed by atoms with E-state index in [9.17, 15) is 13.5 Å². The van der Waals surface area contributed by atoms with E-state index >= 15 is 0 Å². The van der Waals surface area contributed by atoms with Crippen LogP contribution in [0.25, 0.3) is 0 Å². The Kier molecular flexibility index (Phi) is 6.46. The van der Waals surface area contributed by atoms with Gasteiger partial charge in [-0.2, -0.15) is 4.31 Å². The highest BCUT2D eigenvalue weighted by Crippen LogP contribution is 2.19. The van der Waals surface area contributed by atoms with Gasteiger partial charge in [0.25, 0.3) is 10.0 Å². The van der Waals surface area contributed by atoms with E-state index in [1.165, 1.54) is 13.1 Å². The molecule has 0 fully saturated rings. The lowest BCUT2D eigenvalue weighted by atomic mass is 10.4. The second-order valence-electron chi connectivity index (χ2n) is 3.11. The molecule has 0 aliphatic heterocycles. The van der Waals surface area contributed by atoms with Gasteiger partial charge in [0.2, 0.25) is 0 Å². The van der Waals surface area contributed by atoms with Crippen LogP contribution in [-0.2, 0) is 10.0 Å². The molecule has 0 aromatic carbocycles. The fraction of sp³-hybridized carbons (Fsp3) is 0.500. The van der Waals surface area contributed by atoms with Crippen LogP contribution >= 0.6 is 23.7 Å². The molecule has 0 saturated heterocycles. The average molecular weight is 287 g/mol. The maximum Gasteiger partial charge on any atom is 0.252 e. The minimum atomic E-state index is -3.46. The molecule has 1 heterocycles. The zero-order chi connectivity index (χ0) is 11.5. The zero-order valence-electron chi connectivity index (χ0n) is 8.74. The van der Waals surface area contributed by atoms with Crippen molar-refractivity contribution in [2.45, 2.75) is 10.3 Å². The van der Waals surface area contributed by atoms with Gasteiger partial charge in [0.05, 0.1) is 6.10 Å². The molecule has 0 aliphatic rings. The Morgan fingerprint density at radius 2 is 2.25 bits per heavy atom. The van der Waals surface area contributed by atoms with Gasteiger partial charge in [-0.3, -0.25) is 0 Å². The Balaban J connectivity index is 0.00000225. The van der Waals surface area contributed by atoms with Gasteiger partial charge in [0.1, 0.15) is 4.21 Å². The third kappa shape index (κ3) is 3.69. The first-order valence-corrected chi connectivity index (χ1v) is 6.68. The molecule has 0 spiro atoms. The highest BCUT2D eigenvalue weighted by atomic mass is 35.5. The number of likely N-dealkylation sites (N-methyl/N-ethyl adjacent to an activating group) is 1. The summed E-state index contributed by atoms with van der Waals surface area (Å²) < 4.78 is 25.0. The van der Waals surface area contributed by atoms with Crippen LogP contribution in [0.5, 0.6) is 0 Å². The lowest BCUT2D eigenvalue weighted by molar-refractivity contribution is 0.160. The van der Waals surface area contributed by atoms with Crippen LogP contribution in [0.15, 0.2) is 21.7 Å². The van der Waals surface area contributed by atoms with Crippen molar-refractivity contribution in [1.82, 2.24) is 4.31 Å². The topological polar surface area (TPSA) is 83.6 Å². The van der Waals surface area contributed by atoms with Gasteiger partial charge in [-0.15, -0.1) is 23.7 Å². The van der Waals surface area contributed by atoms with Crippen molar-refractivity contribution >= 4 is 33.8 Å². The van der Waals surface area contributed by atoms with Gasteiger partial charge < -0.3 is 10.8 Å².